The summed E-state index contributed by atoms with van der Waals surface area (Å²) in [6.45, 7) is 1.87. The van der Waals surface area contributed by atoms with Crippen LogP contribution in [0.1, 0.15) is 24.8 Å². The lowest BCUT2D eigenvalue weighted by atomic mass is 10.0. The summed E-state index contributed by atoms with van der Waals surface area (Å²) in [5.41, 5.74) is 0.832. The number of rotatable bonds is 1. The highest BCUT2D eigenvalue weighted by Crippen LogP contribution is 2.24. The van der Waals surface area contributed by atoms with Crippen molar-refractivity contribution in [3.8, 4) is 0 Å². The minimum absolute atomic E-state index is 0.217. The van der Waals surface area contributed by atoms with Crippen LogP contribution >= 0.6 is 0 Å². The van der Waals surface area contributed by atoms with E-state index in [0.717, 1.165) is 36.9 Å². The summed E-state index contributed by atoms with van der Waals surface area (Å²) in [5.74, 6) is 0.307. The van der Waals surface area contributed by atoms with E-state index < -0.39 is 0 Å². The van der Waals surface area contributed by atoms with Crippen molar-refractivity contribution in [2.45, 2.75) is 19.3 Å². The fourth-order valence-corrected chi connectivity index (χ4v) is 2.76. The first kappa shape index (κ1) is 12.2. The van der Waals surface area contributed by atoms with Crippen LogP contribution in [0.4, 0.5) is 4.39 Å². The molecule has 0 unspecified atom stereocenters. The van der Waals surface area contributed by atoms with Gasteiger partial charge in [-0.3, -0.25) is 5.41 Å². The number of nitrogens with zero attached hydrogens (tertiary/aromatic N) is 1. The first-order valence-electron chi connectivity index (χ1n) is 6.78. The van der Waals surface area contributed by atoms with E-state index in [0.29, 0.717) is 11.2 Å². The number of nitrogens with one attached hydrogen (secondary N) is 1. The summed E-state index contributed by atoms with van der Waals surface area (Å²) in [4.78, 5) is 2.10. The maximum Gasteiger partial charge on any atom is 0.131 e. The third-order valence-corrected chi connectivity index (χ3v) is 3.80. The molecule has 1 fully saturated rings. The minimum atomic E-state index is -0.217. The number of fused-ring (bicyclic) bond motifs is 1. The zero-order valence-corrected chi connectivity index (χ0v) is 10.8. The summed E-state index contributed by atoms with van der Waals surface area (Å²) in [5, 5.41) is 9.81. The van der Waals surface area contributed by atoms with Gasteiger partial charge in [0.05, 0.1) is 0 Å². The maximum atomic E-state index is 13.8. The van der Waals surface area contributed by atoms with E-state index in [1.54, 1.807) is 12.1 Å². The van der Waals surface area contributed by atoms with Crippen molar-refractivity contribution in [1.82, 2.24) is 4.90 Å². The Balaban J connectivity index is 2.05. The molecule has 0 radical (unpaired) electrons. The van der Waals surface area contributed by atoms with Crippen LogP contribution in [0.25, 0.3) is 10.8 Å². The molecule has 3 rings (SSSR count). The third kappa shape index (κ3) is 2.21. The lowest BCUT2D eigenvalue weighted by molar-refractivity contribution is 0.341. The van der Waals surface area contributed by atoms with Gasteiger partial charge in [0.15, 0.2) is 0 Å². The number of piperidine rings is 1. The van der Waals surface area contributed by atoms with E-state index in [4.69, 9.17) is 5.41 Å². The zero-order valence-electron chi connectivity index (χ0n) is 10.8. The highest BCUT2D eigenvalue weighted by molar-refractivity contribution is 6.08. The molecule has 0 aliphatic carbocycles. The Bertz CT molecular complexity index is 615. The van der Waals surface area contributed by atoms with Crippen molar-refractivity contribution in [3.05, 3.63) is 47.8 Å². The van der Waals surface area contributed by atoms with E-state index in [-0.39, 0.29) is 5.82 Å². The van der Waals surface area contributed by atoms with Gasteiger partial charge in [0.2, 0.25) is 0 Å². The summed E-state index contributed by atoms with van der Waals surface area (Å²) in [6.07, 6.45) is 3.52. The SMILES string of the molecule is N=C(c1ccc(F)c2ccccc12)N1CCCCC1. The molecular formula is C16H17FN2. The third-order valence-electron chi connectivity index (χ3n) is 3.80. The smallest absolute Gasteiger partial charge is 0.131 e. The van der Waals surface area contributed by atoms with Gasteiger partial charge in [-0.1, -0.05) is 24.3 Å². The van der Waals surface area contributed by atoms with Crippen LogP contribution < -0.4 is 0 Å². The Morgan fingerprint density at radius 3 is 2.37 bits per heavy atom. The van der Waals surface area contributed by atoms with Gasteiger partial charge in [-0.15, -0.1) is 0 Å². The molecule has 2 nitrogen and oxygen atoms in total. The summed E-state index contributed by atoms with van der Waals surface area (Å²) < 4.78 is 13.8. The van der Waals surface area contributed by atoms with Crippen molar-refractivity contribution in [2.75, 3.05) is 13.1 Å². The molecule has 2 aromatic rings. The van der Waals surface area contributed by atoms with Crippen molar-refractivity contribution in [3.63, 3.8) is 0 Å². The number of benzene rings is 2. The standard InChI is InChI=1S/C16H17FN2/c17-15-9-8-14(12-6-2-3-7-13(12)15)16(18)19-10-4-1-5-11-19/h2-3,6-9,18H,1,4-5,10-11H2. The quantitative estimate of drug-likeness (QED) is 0.610. The van der Waals surface area contributed by atoms with Crippen LogP contribution in [0.3, 0.4) is 0 Å². The summed E-state index contributed by atoms with van der Waals surface area (Å²) in [7, 11) is 0. The molecule has 19 heavy (non-hydrogen) atoms. The minimum Gasteiger partial charge on any atom is -0.357 e. The monoisotopic (exact) mass is 256 g/mol. The average molecular weight is 256 g/mol. The van der Waals surface area contributed by atoms with Gasteiger partial charge in [0.25, 0.3) is 0 Å². The van der Waals surface area contributed by atoms with E-state index >= 15 is 0 Å². The van der Waals surface area contributed by atoms with Crippen LogP contribution in [-0.2, 0) is 0 Å². The van der Waals surface area contributed by atoms with Crippen molar-refractivity contribution in [1.29, 1.82) is 5.41 Å². The van der Waals surface area contributed by atoms with Gasteiger partial charge in [0, 0.05) is 24.0 Å². The number of amidine groups is 1. The molecule has 1 aliphatic rings. The Kier molecular flexibility index (Phi) is 3.20. The Morgan fingerprint density at radius 2 is 1.63 bits per heavy atom. The second-order valence-corrected chi connectivity index (χ2v) is 5.04. The van der Waals surface area contributed by atoms with Gasteiger partial charge in [-0.2, -0.15) is 0 Å². The van der Waals surface area contributed by atoms with Gasteiger partial charge in [-0.25, -0.2) is 4.39 Å². The highest BCUT2D eigenvalue weighted by Gasteiger charge is 2.17. The second-order valence-electron chi connectivity index (χ2n) is 5.04. The highest BCUT2D eigenvalue weighted by atomic mass is 19.1. The molecule has 1 heterocycles. The van der Waals surface area contributed by atoms with Gasteiger partial charge in [0.1, 0.15) is 11.7 Å². The number of hydrogen-bond donors (Lipinski definition) is 1. The fourth-order valence-electron chi connectivity index (χ4n) is 2.76. The molecule has 98 valence electrons. The molecule has 0 aromatic heterocycles. The normalized spacial score (nSPS) is 15.7. The molecular weight excluding hydrogens is 239 g/mol. The predicted molar refractivity (Wildman–Crippen MR) is 76.2 cm³/mol. The second kappa shape index (κ2) is 5.00. The Labute approximate surface area is 112 Å². The lowest BCUT2D eigenvalue weighted by Gasteiger charge is -2.29. The predicted octanol–water partition coefficient (Wildman–Crippen LogP) is 3.79. The first-order valence-corrected chi connectivity index (χ1v) is 6.78. The Hall–Kier alpha value is -1.90. The van der Waals surface area contributed by atoms with Gasteiger partial charge >= 0.3 is 0 Å². The lowest BCUT2D eigenvalue weighted by Crippen LogP contribution is -2.35. The molecule has 0 atom stereocenters. The largest absolute Gasteiger partial charge is 0.357 e. The maximum absolute atomic E-state index is 13.8. The van der Waals surface area contributed by atoms with E-state index in [1.165, 1.54) is 12.5 Å². The molecule has 0 spiro atoms. The molecule has 1 saturated heterocycles. The molecule has 0 saturated carbocycles. The average Bonchev–Trinajstić information content (AvgIpc) is 2.48. The molecule has 0 bridgehead atoms. The van der Waals surface area contributed by atoms with E-state index in [9.17, 15) is 4.39 Å². The van der Waals surface area contributed by atoms with Crippen LogP contribution in [0, 0.1) is 11.2 Å². The summed E-state index contributed by atoms with van der Waals surface area (Å²) >= 11 is 0. The molecule has 3 heteroatoms. The molecule has 1 aliphatic heterocycles. The molecule has 2 aromatic carbocycles. The number of hydrogen-bond acceptors (Lipinski definition) is 1. The Morgan fingerprint density at radius 1 is 0.947 bits per heavy atom. The number of likely N-dealkylation sites (tertiary alicyclic amines) is 1. The van der Waals surface area contributed by atoms with Gasteiger partial charge in [-0.05, 0) is 36.8 Å². The fraction of sp³-hybridized carbons (Fsp3) is 0.312. The molecule has 0 amide bonds. The summed E-state index contributed by atoms with van der Waals surface area (Å²) in [6, 6.07) is 10.6. The van der Waals surface area contributed by atoms with Gasteiger partial charge < -0.3 is 4.90 Å². The van der Waals surface area contributed by atoms with Crippen LogP contribution in [0.15, 0.2) is 36.4 Å². The first-order chi connectivity index (χ1) is 9.27. The topological polar surface area (TPSA) is 27.1 Å². The zero-order chi connectivity index (χ0) is 13.2. The van der Waals surface area contributed by atoms with E-state index in [2.05, 4.69) is 4.90 Å². The van der Waals surface area contributed by atoms with Crippen LogP contribution in [-0.4, -0.2) is 23.8 Å². The van der Waals surface area contributed by atoms with Crippen molar-refractivity contribution < 1.29 is 4.39 Å². The van der Waals surface area contributed by atoms with Crippen LogP contribution in [0.5, 0.6) is 0 Å². The number of halogens is 1. The van der Waals surface area contributed by atoms with Crippen molar-refractivity contribution in [2.24, 2.45) is 0 Å². The van der Waals surface area contributed by atoms with Crippen molar-refractivity contribution >= 4 is 16.6 Å². The molecule has 1 N–H and O–H groups in total. The van der Waals surface area contributed by atoms with Crippen LogP contribution in [0.2, 0.25) is 0 Å². The van der Waals surface area contributed by atoms with E-state index in [1.807, 2.05) is 18.2 Å².